The number of allylic oxidation sites excluding steroid dienone is 1. The first-order chi connectivity index (χ1) is 5.16. The lowest BCUT2D eigenvalue weighted by Crippen LogP contribution is -2.31. The van der Waals surface area contributed by atoms with Crippen LogP contribution >= 0.6 is 0 Å². The number of hydrogen-bond acceptors (Lipinski definition) is 3. The Bertz CT molecular complexity index is 197. The van der Waals surface area contributed by atoms with Crippen molar-refractivity contribution in [2.45, 2.75) is 19.1 Å². The van der Waals surface area contributed by atoms with E-state index in [2.05, 4.69) is 0 Å². The number of nitrogens with two attached hydrogens (primary N) is 1. The van der Waals surface area contributed by atoms with Crippen molar-refractivity contribution in [2.24, 2.45) is 5.73 Å². The molecule has 1 aliphatic rings. The maximum Gasteiger partial charge on any atom is 0.134 e. The quantitative estimate of drug-likeness (QED) is 0.225. The van der Waals surface area contributed by atoms with Crippen molar-refractivity contribution in [3.8, 4) is 0 Å². The standard InChI is InChI=1S/C7H12N2O2/c1-2-4(5-3-11-5)6(10)7(8)9/h2,5-6,10H,3H2,1H3,(H3,8,9). The summed E-state index contributed by atoms with van der Waals surface area (Å²) in [6.07, 6.45) is 0.760. The van der Waals surface area contributed by atoms with Crippen LogP contribution in [0.25, 0.3) is 0 Å². The zero-order valence-electron chi connectivity index (χ0n) is 6.37. The lowest BCUT2D eigenvalue weighted by molar-refractivity contribution is 0.260. The Balaban J connectivity index is 2.61. The first-order valence-corrected chi connectivity index (χ1v) is 3.46. The third kappa shape index (κ3) is 1.78. The van der Waals surface area contributed by atoms with Crippen molar-refractivity contribution >= 4 is 5.84 Å². The molecular formula is C7H12N2O2. The van der Waals surface area contributed by atoms with Gasteiger partial charge in [-0.15, -0.1) is 0 Å². The Labute approximate surface area is 65.2 Å². The SMILES string of the molecule is CC=C(C1CO1)C(O)C(=N)N. The van der Waals surface area contributed by atoms with E-state index in [1.807, 2.05) is 0 Å². The van der Waals surface area contributed by atoms with Crippen LogP contribution in [0.1, 0.15) is 6.92 Å². The topological polar surface area (TPSA) is 82.6 Å². The molecule has 2 unspecified atom stereocenters. The highest BCUT2D eigenvalue weighted by Crippen LogP contribution is 2.22. The zero-order chi connectivity index (χ0) is 8.43. The van der Waals surface area contributed by atoms with Crippen LogP contribution in [0.15, 0.2) is 11.6 Å². The van der Waals surface area contributed by atoms with Crippen LogP contribution in [-0.4, -0.2) is 29.8 Å². The molecule has 0 saturated carbocycles. The highest BCUT2D eigenvalue weighted by Gasteiger charge is 2.32. The number of hydrogen-bond donors (Lipinski definition) is 3. The molecule has 1 heterocycles. The van der Waals surface area contributed by atoms with E-state index >= 15 is 0 Å². The Hall–Kier alpha value is -0.870. The number of rotatable bonds is 3. The van der Waals surface area contributed by atoms with Gasteiger partial charge in [0.05, 0.1) is 6.61 Å². The van der Waals surface area contributed by atoms with Gasteiger partial charge in [-0.25, -0.2) is 0 Å². The van der Waals surface area contributed by atoms with E-state index in [4.69, 9.17) is 15.9 Å². The first kappa shape index (κ1) is 8.23. The minimum absolute atomic E-state index is 0.0149. The van der Waals surface area contributed by atoms with Crippen LogP contribution in [0.3, 0.4) is 0 Å². The van der Waals surface area contributed by atoms with Gasteiger partial charge in [0.2, 0.25) is 0 Å². The Morgan fingerprint density at radius 1 is 1.91 bits per heavy atom. The maximum atomic E-state index is 9.30. The average Bonchev–Trinajstić information content (AvgIpc) is 2.72. The summed E-state index contributed by atoms with van der Waals surface area (Å²) in [5, 5.41) is 16.3. The highest BCUT2D eigenvalue weighted by atomic mass is 16.6. The van der Waals surface area contributed by atoms with Gasteiger partial charge in [0.25, 0.3) is 0 Å². The second-order valence-corrected chi connectivity index (χ2v) is 2.47. The molecule has 0 bridgehead atoms. The normalized spacial score (nSPS) is 26.4. The third-order valence-corrected chi connectivity index (χ3v) is 1.65. The Kier molecular flexibility index (Phi) is 2.26. The molecule has 11 heavy (non-hydrogen) atoms. The van der Waals surface area contributed by atoms with Crippen LogP contribution in [0.5, 0.6) is 0 Å². The summed E-state index contributed by atoms with van der Waals surface area (Å²) in [7, 11) is 0. The molecule has 1 fully saturated rings. The van der Waals surface area contributed by atoms with Gasteiger partial charge in [0.15, 0.2) is 0 Å². The number of aliphatic hydroxyl groups excluding tert-OH is 1. The van der Waals surface area contributed by atoms with Crippen LogP contribution in [0.4, 0.5) is 0 Å². The van der Waals surface area contributed by atoms with E-state index in [1.54, 1.807) is 13.0 Å². The molecule has 4 nitrogen and oxygen atoms in total. The number of epoxide rings is 1. The summed E-state index contributed by atoms with van der Waals surface area (Å²) in [4.78, 5) is 0. The molecule has 0 aromatic rings. The second-order valence-electron chi connectivity index (χ2n) is 2.47. The number of ether oxygens (including phenoxy) is 1. The fourth-order valence-corrected chi connectivity index (χ4v) is 0.940. The van der Waals surface area contributed by atoms with Crippen LogP contribution in [-0.2, 0) is 4.74 Å². The molecule has 0 aliphatic carbocycles. The van der Waals surface area contributed by atoms with Gasteiger partial charge >= 0.3 is 0 Å². The van der Waals surface area contributed by atoms with Crippen molar-refractivity contribution in [3.63, 3.8) is 0 Å². The molecule has 0 radical (unpaired) electrons. The lowest BCUT2D eigenvalue weighted by Gasteiger charge is -2.09. The van der Waals surface area contributed by atoms with Crippen molar-refractivity contribution in [3.05, 3.63) is 11.6 Å². The molecule has 0 aromatic carbocycles. The van der Waals surface area contributed by atoms with Gasteiger partial charge in [0.1, 0.15) is 18.0 Å². The lowest BCUT2D eigenvalue weighted by atomic mass is 10.1. The summed E-state index contributed by atoms with van der Waals surface area (Å²) in [5.41, 5.74) is 5.81. The third-order valence-electron chi connectivity index (χ3n) is 1.65. The largest absolute Gasteiger partial charge is 0.385 e. The molecule has 0 spiro atoms. The molecule has 0 amide bonds. The summed E-state index contributed by atoms with van der Waals surface area (Å²) in [5.74, 6) is -0.228. The van der Waals surface area contributed by atoms with Crippen LogP contribution < -0.4 is 5.73 Å². The van der Waals surface area contributed by atoms with Crippen molar-refractivity contribution in [1.82, 2.24) is 0 Å². The predicted octanol–water partition coefficient (Wildman–Crippen LogP) is -0.372. The van der Waals surface area contributed by atoms with Crippen LogP contribution in [0, 0.1) is 5.41 Å². The summed E-state index contributed by atoms with van der Waals surface area (Å²) < 4.78 is 4.95. The predicted molar refractivity (Wildman–Crippen MR) is 41.4 cm³/mol. The minimum atomic E-state index is -0.965. The van der Waals surface area contributed by atoms with Crippen molar-refractivity contribution in [2.75, 3.05) is 6.61 Å². The number of nitrogens with one attached hydrogen (secondary N) is 1. The van der Waals surface area contributed by atoms with E-state index < -0.39 is 6.10 Å². The van der Waals surface area contributed by atoms with Gasteiger partial charge in [-0.2, -0.15) is 0 Å². The Morgan fingerprint density at radius 3 is 2.73 bits per heavy atom. The van der Waals surface area contributed by atoms with E-state index in [-0.39, 0.29) is 11.9 Å². The molecular weight excluding hydrogens is 144 g/mol. The zero-order valence-corrected chi connectivity index (χ0v) is 6.37. The van der Waals surface area contributed by atoms with E-state index in [1.165, 1.54) is 0 Å². The van der Waals surface area contributed by atoms with Gasteiger partial charge in [-0.1, -0.05) is 6.08 Å². The molecule has 1 rings (SSSR count). The summed E-state index contributed by atoms with van der Waals surface area (Å²) in [6.45, 7) is 2.42. The molecule has 62 valence electrons. The molecule has 4 heteroatoms. The fraction of sp³-hybridized carbons (Fsp3) is 0.571. The molecule has 2 atom stereocenters. The second kappa shape index (κ2) is 3.02. The van der Waals surface area contributed by atoms with Gasteiger partial charge in [-0.05, 0) is 12.5 Å². The van der Waals surface area contributed by atoms with Gasteiger partial charge < -0.3 is 15.6 Å². The molecule has 1 saturated heterocycles. The molecule has 1 aliphatic heterocycles. The average molecular weight is 156 g/mol. The molecule has 4 N–H and O–H groups in total. The summed E-state index contributed by atoms with van der Waals surface area (Å²) >= 11 is 0. The van der Waals surface area contributed by atoms with E-state index in [0.717, 1.165) is 0 Å². The van der Waals surface area contributed by atoms with E-state index in [0.29, 0.717) is 12.2 Å². The van der Waals surface area contributed by atoms with E-state index in [9.17, 15) is 5.11 Å². The minimum Gasteiger partial charge on any atom is -0.385 e. The maximum absolute atomic E-state index is 9.30. The number of amidine groups is 1. The Morgan fingerprint density at radius 2 is 2.45 bits per heavy atom. The fourth-order valence-electron chi connectivity index (χ4n) is 0.940. The monoisotopic (exact) mass is 156 g/mol. The van der Waals surface area contributed by atoms with Gasteiger partial charge in [0, 0.05) is 0 Å². The first-order valence-electron chi connectivity index (χ1n) is 3.46. The molecule has 0 aromatic heterocycles. The van der Waals surface area contributed by atoms with Crippen LogP contribution in [0.2, 0.25) is 0 Å². The van der Waals surface area contributed by atoms with Gasteiger partial charge in [-0.3, -0.25) is 5.41 Å². The highest BCUT2D eigenvalue weighted by molar-refractivity contribution is 5.84. The smallest absolute Gasteiger partial charge is 0.134 e. The van der Waals surface area contributed by atoms with Crippen molar-refractivity contribution in [1.29, 1.82) is 5.41 Å². The summed E-state index contributed by atoms with van der Waals surface area (Å²) in [6, 6.07) is 0. The number of aliphatic hydroxyl groups is 1. The van der Waals surface area contributed by atoms with Crippen molar-refractivity contribution < 1.29 is 9.84 Å².